The Morgan fingerprint density at radius 2 is 1.86 bits per heavy atom. The molecule has 0 N–H and O–H groups in total. The van der Waals surface area contributed by atoms with Gasteiger partial charge in [-0.2, -0.15) is 4.98 Å². The maximum absolute atomic E-state index is 5.77. The Kier molecular flexibility index (Phi) is 2.61. The van der Waals surface area contributed by atoms with Gasteiger partial charge in [-0.05, 0) is 18.2 Å². The van der Waals surface area contributed by atoms with E-state index in [1.165, 1.54) is 12.5 Å². The lowest BCUT2D eigenvalue weighted by Crippen LogP contribution is -1.83. The molecule has 14 heavy (non-hydrogen) atoms. The van der Waals surface area contributed by atoms with Crippen LogP contribution in [0.4, 0.5) is 0 Å². The zero-order valence-corrected chi connectivity index (χ0v) is 8.42. The summed E-state index contributed by atoms with van der Waals surface area (Å²) < 4.78 is 10.1. The van der Waals surface area contributed by atoms with Crippen molar-refractivity contribution in [3.05, 3.63) is 40.7 Å². The summed E-state index contributed by atoms with van der Waals surface area (Å²) in [6.45, 7) is 0. The molecule has 3 nitrogen and oxygen atoms in total. The van der Waals surface area contributed by atoms with Crippen LogP contribution in [-0.2, 0) is 0 Å². The predicted molar refractivity (Wildman–Crippen MR) is 53.0 cm³/mol. The predicted octanol–water partition coefficient (Wildman–Crippen LogP) is 3.77. The Morgan fingerprint density at radius 1 is 1.14 bits per heavy atom. The van der Waals surface area contributed by atoms with Crippen LogP contribution in [0.1, 0.15) is 0 Å². The van der Waals surface area contributed by atoms with Gasteiger partial charge in [-0.3, -0.25) is 0 Å². The van der Waals surface area contributed by atoms with E-state index in [0.717, 1.165) is 0 Å². The van der Waals surface area contributed by atoms with E-state index in [-0.39, 0.29) is 6.08 Å². The Labute approximate surface area is 90.2 Å². The Bertz CT molecular complexity index is 408. The first-order chi connectivity index (χ1) is 6.74. The fourth-order valence-electron chi connectivity index (χ4n) is 0.949. The lowest BCUT2D eigenvalue weighted by Gasteiger charge is -2.01. The highest BCUT2D eigenvalue weighted by Gasteiger charge is 2.03. The van der Waals surface area contributed by atoms with Crippen LogP contribution in [0.15, 0.2) is 35.1 Å². The van der Waals surface area contributed by atoms with E-state index >= 15 is 0 Å². The van der Waals surface area contributed by atoms with Crippen molar-refractivity contribution in [1.82, 2.24) is 4.98 Å². The van der Waals surface area contributed by atoms with Crippen LogP contribution < -0.4 is 4.74 Å². The number of hydrogen-bond donors (Lipinski definition) is 0. The summed E-state index contributed by atoms with van der Waals surface area (Å²) in [4.78, 5) is 3.80. The fraction of sp³-hybridized carbons (Fsp3) is 0. The number of halogens is 2. The third-order valence-electron chi connectivity index (χ3n) is 1.45. The standard InChI is InChI=1S/C9H5Cl2NO2/c10-6-3-7(11)5-8(4-6)14-9-12-1-2-13-9/h1-5H. The molecule has 0 bridgehead atoms. The largest absolute Gasteiger partial charge is 0.417 e. The normalized spacial score (nSPS) is 10.1. The summed E-state index contributed by atoms with van der Waals surface area (Å²) in [6, 6.07) is 4.86. The molecule has 1 aromatic carbocycles. The number of rotatable bonds is 2. The van der Waals surface area contributed by atoms with E-state index in [0.29, 0.717) is 15.8 Å². The summed E-state index contributed by atoms with van der Waals surface area (Å²) in [6.07, 6.45) is 3.06. The van der Waals surface area contributed by atoms with Gasteiger partial charge < -0.3 is 9.15 Å². The average Bonchev–Trinajstić information content (AvgIpc) is 2.54. The molecule has 0 aliphatic carbocycles. The number of oxazole rings is 1. The second kappa shape index (κ2) is 3.90. The molecule has 0 radical (unpaired) electrons. The molecular formula is C9H5Cl2NO2. The van der Waals surface area contributed by atoms with Crippen molar-refractivity contribution < 1.29 is 9.15 Å². The second-order valence-corrected chi connectivity index (χ2v) is 3.38. The SMILES string of the molecule is Clc1cc(Cl)cc(Oc2ncco2)c1. The zero-order chi connectivity index (χ0) is 9.97. The van der Waals surface area contributed by atoms with Crippen molar-refractivity contribution in [1.29, 1.82) is 0 Å². The van der Waals surface area contributed by atoms with Crippen LogP contribution in [0, 0.1) is 0 Å². The van der Waals surface area contributed by atoms with Crippen LogP contribution >= 0.6 is 23.2 Å². The minimum Gasteiger partial charge on any atom is -0.417 e. The highest BCUT2D eigenvalue weighted by atomic mass is 35.5. The summed E-state index contributed by atoms with van der Waals surface area (Å²) in [5, 5.41) is 0.998. The third kappa shape index (κ3) is 2.19. The number of benzene rings is 1. The Morgan fingerprint density at radius 3 is 2.43 bits per heavy atom. The van der Waals surface area contributed by atoms with Gasteiger partial charge in [0.2, 0.25) is 0 Å². The van der Waals surface area contributed by atoms with E-state index in [4.69, 9.17) is 32.4 Å². The van der Waals surface area contributed by atoms with E-state index in [2.05, 4.69) is 4.98 Å². The molecule has 0 atom stereocenters. The molecule has 0 amide bonds. The van der Waals surface area contributed by atoms with E-state index in [1.54, 1.807) is 18.2 Å². The maximum atomic E-state index is 5.77. The molecule has 1 aromatic heterocycles. The molecule has 0 saturated heterocycles. The highest BCUT2D eigenvalue weighted by molar-refractivity contribution is 6.34. The van der Waals surface area contributed by atoms with Gasteiger partial charge in [0.05, 0.1) is 6.20 Å². The molecule has 0 aliphatic rings. The molecule has 0 aliphatic heterocycles. The van der Waals surface area contributed by atoms with Gasteiger partial charge in [0, 0.05) is 10.0 Å². The Hall–Kier alpha value is -1.19. The van der Waals surface area contributed by atoms with Gasteiger partial charge in [0.1, 0.15) is 12.0 Å². The first-order valence-corrected chi connectivity index (χ1v) is 4.53. The lowest BCUT2D eigenvalue weighted by atomic mass is 10.3. The van der Waals surface area contributed by atoms with Gasteiger partial charge in [-0.1, -0.05) is 23.2 Å². The molecule has 0 unspecified atom stereocenters. The average molecular weight is 230 g/mol. The smallest absolute Gasteiger partial charge is 0.399 e. The number of aromatic nitrogens is 1. The quantitative estimate of drug-likeness (QED) is 0.787. The second-order valence-electron chi connectivity index (χ2n) is 2.51. The van der Waals surface area contributed by atoms with Crippen molar-refractivity contribution in [3.63, 3.8) is 0 Å². The summed E-state index contributed by atoms with van der Waals surface area (Å²) in [5.41, 5.74) is 0. The Balaban J connectivity index is 2.25. The van der Waals surface area contributed by atoms with Crippen LogP contribution in [0.25, 0.3) is 0 Å². The minimum atomic E-state index is 0.156. The van der Waals surface area contributed by atoms with E-state index in [1.807, 2.05) is 0 Å². The zero-order valence-electron chi connectivity index (χ0n) is 6.91. The molecule has 72 valence electrons. The molecular weight excluding hydrogens is 225 g/mol. The van der Waals surface area contributed by atoms with Crippen molar-refractivity contribution in [2.45, 2.75) is 0 Å². The van der Waals surface area contributed by atoms with Gasteiger partial charge >= 0.3 is 6.08 Å². The first kappa shape index (κ1) is 9.37. The summed E-state index contributed by atoms with van der Waals surface area (Å²) >= 11 is 11.5. The van der Waals surface area contributed by atoms with Crippen molar-refractivity contribution in [3.8, 4) is 11.8 Å². The molecule has 0 saturated carbocycles. The van der Waals surface area contributed by atoms with Crippen molar-refractivity contribution >= 4 is 23.2 Å². The maximum Gasteiger partial charge on any atom is 0.399 e. The van der Waals surface area contributed by atoms with Gasteiger partial charge in [0.15, 0.2) is 0 Å². The summed E-state index contributed by atoms with van der Waals surface area (Å²) in [5.74, 6) is 0.491. The molecule has 5 heteroatoms. The van der Waals surface area contributed by atoms with Crippen molar-refractivity contribution in [2.75, 3.05) is 0 Å². The lowest BCUT2D eigenvalue weighted by molar-refractivity contribution is 0.331. The van der Waals surface area contributed by atoms with E-state index in [9.17, 15) is 0 Å². The molecule has 2 aromatic rings. The van der Waals surface area contributed by atoms with Crippen LogP contribution in [-0.4, -0.2) is 4.98 Å². The molecule has 0 fully saturated rings. The molecule has 2 rings (SSSR count). The highest BCUT2D eigenvalue weighted by Crippen LogP contribution is 2.27. The van der Waals surface area contributed by atoms with E-state index < -0.39 is 0 Å². The van der Waals surface area contributed by atoms with Gasteiger partial charge in [-0.15, -0.1) is 0 Å². The first-order valence-electron chi connectivity index (χ1n) is 3.77. The van der Waals surface area contributed by atoms with Crippen LogP contribution in [0.2, 0.25) is 10.0 Å². The topological polar surface area (TPSA) is 35.3 Å². The van der Waals surface area contributed by atoms with Crippen LogP contribution in [0.3, 0.4) is 0 Å². The number of ether oxygens (including phenoxy) is 1. The summed E-state index contributed by atoms with van der Waals surface area (Å²) in [7, 11) is 0. The number of nitrogens with zero attached hydrogens (tertiary/aromatic N) is 1. The monoisotopic (exact) mass is 229 g/mol. The van der Waals surface area contributed by atoms with Gasteiger partial charge in [0.25, 0.3) is 0 Å². The fourth-order valence-corrected chi connectivity index (χ4v) is 1.46. The van der Waals surface area contributed by atoms with Gasteiger partial charge in [-0.25, -0.2) is 0 Å². The molecule has 1 heterocycles. The molecule has 0 spiro atoms. The van der Waals surface area contributed by atoms with Crippen LogP contribution in [0.5, 0.6) is 11.8 Å². The third-order valence-corrected chi connectivity index (χ3v) is 1.89. The minimum absolute atomic E-state index is 0.156. The van der Waals surface area contributed by atoms with Crippen molar-refractivity contribution in [2.24, 2.45) is 0 Å². The number of hydrogen-bond acceptors (Lipinski definition) is 3.